The summed E-state index contributed by atoms with van der Waals surface area (Å²) in [5.74, 6) is 0.487. The number of amides is 1. The molecule has 150 valence electrons. The van der Waals surface area contributed by atoms with Gasteiger partial charge in [-0.25, -0.2) is 4.68 Å². The van der Waals surface area contributed by atoms with Gasteiger partial charge in [0.05, 0.1) is 16.9 Å². The highest BCUT2D eigenvalue weighted by atomic mass is 35.5. The third-order valence-corrected chi connectivity index (χ3v) is 4.94. The molecule has 0 saturated carbocycles. The number of carbonyl (C=O) groups is 1. The third kappa shape index (κ3) is 4.60. The molecule has 1 saturated heterocycles. The number of hydrogen-bond donors (Lipinski definition) is 2. The van der Waals surface area contributed by atoms with Crippen molar-refractivity contribution in [3.05, 3.63) is 47.9 Å². The fourth-order valence-electron chi connectivity index (χ4n) is 3.41. The van der Waals surface area contributed by atoms with Crippen LogP contribution >= 0.6 is 24.8 Å². The molecule has 1 amide bonds. The predicted octanol–water partition coefficient (Wildman–Crippen LogP) is 2.70. The molecule has 2 N–H and O–H groups in total. The summed E-state index contributed by atoms with van der Waals surface area (Å²) in [5.41, 5.74) is 2.90. The summed E-state index contributed by atoms with van der Waals surface area (Å²) in [4.78, 5) is 16.8. The molecule has 4 rings (SSSR count). The Balaban J connectivity index is 0.00000140. The fraction of sp³-hybridized carbons (Fsp3) is 0.368. The van der Waals surface area contributed by atoms with Crippen LogP contribution in [0.3, 0.4) is 0 Å². The molecular formula is C19H24Cl2N6O. The summed E-state index contributed by atoms with van der Waals surface area (Å²) in [7, 11) is 0. The molecule has 0 spiro atoms. The lowest BCUT2D eigenvalue weighted by atomic mass is 10.1. The second-order valence-corrected chi connectivity index (χ2v) is 6.72. The van der Waals surface area contributed by atoms with Gasteiger partial charge in [-0.1, -0.05) is 11.3 Å². The van der Waals surface area contributed by atoms with Crippen LogP contribution < -0.4 is 10.6 Å². The molecule has 7 nitrogen and oxygen atoms in total. The van der Waals surface area contributed by atoms with Gasteiger partial charge >= 0.3 is 0 Å². The van der Waals surface area contributed by atoms with Gasteiger partial charge in [0.25, 0.3) is 5.91 Å². The third-order valence-electron chi connectivity index (χ3n) is 4.94. The number of fused-ring (bicyclic) bond motifs is 1. The van der Waals surface area contributed by atoms with Gasteiger partial charge in [-0.3, -0.25) is 9.78 Å². The Kier molecular flexibility index (Phi) is 7.74. The second-order valence-electron chi connectivity index (χ2n) is 6.72. The standard InChI is InChI=1S/C19H22N6O.2ClH/c1-13-18(19(26)22-10-7-14-6-9-20-12-14)23-24-25(13)16-4-5-17-15(11-16)3-2-8-21-17;;/h2-5,8,11,14,20H,6-7,9-10,12H2,1H3,(H,22,26);2*1H. The van der Waals surface area contributed by atoms with Gasteiger partial charge in [-0.2, -0.15) is 0 Å². The van der Waals surface area contributed by atoms with Gasteiger partial charge in [0.1, 0.15) is 0 Å². The number of pyridine rings is 1. The van der Waals surface area contributed by atoms with Gasteiger partial charge in [0, 0.05) is 18.1 Å². The number of carbonyl (C=O) groups excluding carboxylic acids is 1. The topological polar surface area (TPSA) is 84.7 Å². The molecule has 28 heavy (non-hydrogen) atoms. The molecule has 2 aromatic heterocycles. The molecule has 3 heterocycles. The van der Waals surface area contributed by atoms with Gasteiger partial charge in [-0.05, 0) is 63.0 Å². The molecule has 0 bridgehead atoms. The van der Waals surface area contributed by atoms with E-state index in [2.05, 4.69) is 25.9 Å². The first-order valence-corrected chi connectivity index (χ1v) is 8.99. The maximum Gasteiger partial charge on any atom is 0.273 e. The van der Waals surface area contributed by atoms with E-state index in [-0.39, 0.29) is 30.7 Å². The Morgan fingerprint density at radius 2 is 2.18 bits per heavy atom. The summed E-state index contributed by atoms with van der Waals surface area (Å²) < 4.78 is 1.70. The minimum atomic E-state index is -0.165. The minimum Gasteiger partial charge on any atom is -0.351 e. The van der Waals surface area contributed by atoms with Gasteiger partial charge < -0.3 is 10.6 Å². The predicted molar refractivity (Wildman–Crippen MR) is 114 cm³/mol. The highest BCUT2D eigenvalue weighted by molar-refractivity contribution is 5.93. The molecule has 1 atom stereocenters. The average Bonchev–Trinajstić information content (AvgIpc) is 3.31. The van der Waals surface area contributed by atoms with Crippen LogP contribution in [0.1, 0.15) is 29.0 Å². The second kappa shape index (κ2) is 9.82. The van der Waals surface area contributed by atoms with Crippen molar-refractivity contribution in [3.63, 3.8) is 0 Å². The first kappa shape index (κ1) is 22.1. The number of benzene rings is 1. The van der Waals surface area contributed by atoms with Crippen LogP contribution in [0.15, 0.2) is 36.5 Å². The quantitative estimate of drug-likeness (QED) is 0.659. The highest BCUT2D eigenvalue weighted by Crippen LogP contribution is 2.18. The van der Waals surface area contributed by atoms with Crippen molar-refractivity contribution >= 4 is 41.6 Å². The number of nitrogens with zero attached hydrogens (tertiary/aromatic N) is 4. The zero-order valence-electron chi connectivity index (χ0n) is 15.6. The van der Waals surface area contributed by atoms with E-state index in [0.717, 1.165) is 41.8 Å². The monoisotopic (exact) mass is 422 g/mol. The normalized spacial score (nSPS) is 15.7. The number of hydrogen-bond acceptors (Lipinski definition) is 5. The average molecular weight is 423 g/mol. The zero-order chi connectivity index (χ0) is 17.9. The molecule has 0 radical (unpaired) electrons. The first-order chi connectivity index (χ1) is 12.7. The van der Waals surface area contributed by atoms with Crippen molar-refractivity contribution in [2.24, 2.45) is 5.92 Å². The van der Waals surface area contributed by atoms with Gasteiger partial charge in [0.15, 0.2) is 5.69 Å². The number of halogens is 2. The van der Waals surface area contributed by atoms with Crippen molar-refractivity contribution < 1.29 is 4.79 Å². The van der Waals surface area contributed by atoms with Crippen LogP contribution in [0.25, 0.3) is 16.6 Å². The summed E-state index contributed by atoms with van der Waals surface area (Å²) in [6.07, 6.45) is 3.94. The Bertz CT molecular complexity index is 939. The van der Waals surface area contributed by atoms with Crippen molar-refractivity contribution in [2.75, 3.05) is 19.6 Å². The van der Waals surface area contributed by atoms with E-state index in [1.807, 2.05) is 37.3 Å². The summed E-state index contributed by atoms with van der Waals surface area (Å²) >= 11 is 0. The maximum atomic E-state index is 12.4. The van der Waals surface area contributed by atoms with Crippen molar-refractivity contribution in [2.45, 2.75) is 19.8 Å². The molecule has 1 aromatic carbocycles. The molecule has 1 aliphatic heterocycles. The lowest BCUT2D eigenvalue weighted by Crippen LogP contribution is -2.27. The van der Waals surface area contributed by atoms with E-state index in [1.165, 1.54) is 6.42 Å². The molecule has 0 aliphatic carbocycles. The largest absolute Gasteiger partial charge is 0.351 e. The van der Waals surface area contributed by atoms with Crippen LogP contribution in [0, 0.1) is 12.8 Å². The van der Waals surface area contributed by atoms with Gasteiger partial charge in [0.2, 0.25) is 0 Å². The maximum absolute atomic E-state index is 12.4. The van der Waals surface area contributed by atoms with E-state index in [4.69, 9.17) is 0 Å². The van der Waals surface area contributed by atoms with Crippen LogP contribution in [0.4, 0.5) is 0 Å². The van der Waals surface area contributed by atoms with Crippen molar-refractivity contribution in [1.82, 2.24) is 30.6 Å². The van der Waals surface area contributed by atoms with Crippen LogP contribution in [0.5, 0.6) is 0 Å². The minimum absolute atomic E-state index is 0. The molecule has 9 heteroatoms. The SMILES string of the molecule is Cc1c(C(=O)NCCC2CCNC2)nnn1-c1ccc2ncccc2c1.Cl.Cl. The number of nitrogens with one attached hydrogen (secondary N) is 2. The molecule has 3 aromatic rings. The summed E-state index contributed by atoms with van der Waals surface area (Å²) in [5, 5.41) is 15.6. The van der Waals surface area contributed by atoms with Crippen LogP contribution in [-0.4, -0.2) is 45.5 Å². The number of aromatic nitrogens is 4. The van der Waals surface area contributed by atoms with Crippen molar-refractivity contribution in [3.8, 4) is 5.69 Å². The number of rotatable bonds is 5. The van der Waals surface area contributed by atoms with E-state index in [9.17, 15) is 4.79 Å². The smallest absolute Gasteiger partial charge is 0.273 e. The van der Waals surface area contributed by atoms with Gasteiger partial charge in [-0.15, -0.1) is 29.9 Å². The van der Waals surface area contributed by atoms with E-state index < -0.39 is 0 Å². The van der Waals surface area contributed by atoms with Crippen LogP contribution in [-0.2, 0) is 0 Å². The molecule has 1 aliphatic rings. The zero-order valence-corrected chi connectivity index (χ0v) is 17.2. The molecular weight excluding hydrogens is 399 g/mol. The summed E-state index contributed by atoms with van der Waals surface area (Å²) in [6.45, 7) is 4.65. The highest BCUT2D eigenvalue weighted by Gasteiger charge is 2.19. The Hall–Kier alpha value is -2.22. The molecule has 1 fully saturated rings. The fourth-order valence-corrected chi connectivity index (χ4v) is 3.41. The summed E-state index contributed by atoms with van der Waals surface area (Å²) in [6, 6.07) is 9.79. The Morgan fingerprint density at radius 1 is 1.32 bits per heavy atom. The lowest BCUT2D eigenvalue weighted by molar-refractivity contribution is 0.0946. The van der Waals surface area contributed by atoms with E-state index in [1.54, 1.807) is 10.9 Å². The van der Waals surface area contributed by atoms with Crippen LogP contribution in [0.2, 0.25) is 0 Å². The van der Waals surface area contributed by atoms with E-state index in [0.29, 0.717) is 18.2 Å². The van der Waals surface area contributed by atoms with Crippen molar-refractivity contribution in [1.29, 1.82) is 0 Å². The first-order valence-electron chi connectivity index (χ1n) is 8.99. The lowest BCUT2D eigenvalue weighted by Gasteiger charge is -2.09. The Labute approximate surface area is 176 Å². The van der Waals surface area contributed by atoms with E-state index >= 15 is 0 Å². The Morgan fingerprint density at radius 3 is 2.96 bits per heavy atom. The molecule has 1 unspecified atom stereocenters.